The van der Waals surface area contributed by atoms with E-state index in [-0.39, 0.29) is 10.8 Å². The van der Waals surface area contributed by atoms with Crippen LogP contribution < -0.4 is 9.64 Å². The molecule has 11 rings (SSSR count). The summed E-state index contributed by atoms with van der Waals surface area (Å²) in [5, 5.41) is 0. The Bertz CT molecular complexity index is 3180. The number of anilines is 3. The Morgan fingerprint density at radius 1 is 0.354 bits per heavy atom. The van der Waals surface area contributed by atoms with Crippen molar-refractivity contribution in [2.45, 2.75) is 57.8 Å². The second-order valence-corrected chi connectivity index (χ2v) is 19.7. The molecule has 2 heteroatoms. The van der Waals surface area contributed by atoms with Gasteiger partial charge in [0.25, 0.3) is 0 Å². The molecular formula is C63H53NO. The molecule has 0 atom stereocenters. The van der Waals surface area contributed by atoms with Crippen molar-refractivity contribution in [1.82, 2.24) is 0 Å². The molecule has 1 spiro atoms. The molecule has 9 aromatic carbocycles. The van der Waals surface area contributed by atoms with Gasteiger partial charge in [0.05, 0.1) is 16.8 Å². The quantitative estimate of drug-likeness (QED) is 0.165. The molecule has 0 radical (unpaired) electrons. The molecule has 1 heterocycles. The van der Waals surface area contributed by atoms with Gasteiger partial charge in [-0.3, -0.25) is 0 Å². The first-order valence-electron chi connectivity index (χ1n) is 22.9. The van der Waals surface area contributed by atoms with Crippen LogP contribution in [0.3, 0.4) is 0 Å². The fraction of sp³-hybridized carbons (Fsp3) is 0.143. The number of nitrogens with zero attached hydrogens (tertiary/aromatic N) is 1. The van der Waals surface area contributed by atoms with Crippen LogP contribution in [-0.4, -0.2) is 0 Å². The van der Waals surface area contributed by atoms with Gasteiger partial charge in [0.2, 0.25) is 0 Å². The highest BCUT2D eigenvalue weighted by molar-refractivity contribution is 6.01. The number of benzene rings is 9. The number of hydrogen-bond donors (Lipinski definition) is 0. The van der Waals surface area contributed by atoms with Crippen LogP contribution in [-0.2, 0) is 16.2 Å². The van der Waals surface area contributed by atoms with Crippen molar-refractivity contribution in [2.75, 3.05) is 4.90 Å². The maximum absolute atomic E-state index is 6.96. The normalized spacial score (nSPS) is 13.3. The molecule has 0 saturated heterocycles. The highest BCUT2D eigenvalue weighted by Gasteiger charge is 2.52. The SMILES string of the molecule is CC(C)(C)c1ccc2c(c1)C1(c3cc(C(C)(C)C)ccc3O2)c2ccccc2-c2c(-c3ccccc3N(c3ccccc3)c3ccccc3-c3ccc(-c4ccccc4)cc3)cccc21. The molecule has 0 fully saturated rings. The fourth-order valence-corrected chi connectivity index (χ4v) is 10.4. The van der Waals surface area contributed by atoms with Gasteiger partial charge >= 0.3 is 0 Å². The minimum atomic E-state index is -0.625. The van der Waals surface area contributed by atoms with E-state index in [4.69, 9.17) is 4.74 Å². The predicted molar refractivity (Wildman–Crippen MR) is 272 cm³/mol. The summed E-state index contributed by atoms with van der Waals surface area (Å²) in [7, 11) is 0. The number of para-hydroxylation sites is 3. The molecule has 1 aliphatic carbocycles. The van der Waals surface area contributed by atoms with Crippen LogP contribution in [0.15, 0.2) is 212 Å². The van der Waals surface area contributed by atoms with Crippen molar-refractivity contribution in [3.63, 3.8) is 0 Å². The average Bonchev–Trinajstić information content (AvgIpc) is 3.63. The van der Waals surface area contributed by atoms with E-state index in [0.717, 1.165) is 45.3 Å². The van der Waals surface area contributed by atoms with E-state index >= 15 is 0 Å². The van der Waals surface area contributed by atoms with Crippen LogP contribution in [0.25, 0.3) is 44.5 Å². The zero-order valence-electron chi connectivity index (χ0n) is 38.1. The largest absolute Gasteiger partial charge is 0.457 e. The zero-order valence-corrected chi connectivity index (χ0v) is 38.1. The van der Waals surface area contributed by atoms with Crippen molar-refractivity contribution >= 4 is 17.1 Å². The van der Waals surface area contributed by atoms with Gasteiger partial charge in [-0.2, -0.15) is 0 Å². The van der Waals surface area contributed by atoms with Crippen molar-refractivity contribution in [2.24, 2.45) is 0 Å². The minimum Gasteiger partial charge on any atom is -0.457 e. The van der Waals surface area contributed by atoms with Gasteiger partial charge in [-0.25, -0.2) is 0 Å². The summed E-state index contributed by atoms with van der Waals surface area (Å²) in [6.07, 6.45) is 0. The molecule has 0 saturated carbocycles. The summed E-state index contributed by atoms with van der Waals surface area (Å²) < 4.78 is 6.96. The first kappa shape index (κ1) is 40.4. The second kappa shape index (κ2) is 15.4. The maximum atomic E-state index is 6.96. The van der Waals surface area contributed by atoms with Crippen LogP contribution in [0.2, 0.25) is 0 Å². The average molecular weight is 840 g/mol. The Labute approximate surface area is 384 Å². The Morgan fingerprint density at radius 2 is 0.815 bits per heavy atom. The van der Waals surface area contributed by atoms with Gasteiger partial charge in [0, 0.05) is 27.9 Å². The molecule has 2 aliphatic rings. The Balaban J connectivity index is 1.16. The summed E-state index contributed by atoms with van der Waals surface area (Å²) in [6, 6.07) is 78.2. The lowest BCUT2D eigenvalue weighted by atomic mass is 9.64. The first-order chi connectivity index (χ1) is 31.5. The Hall–Kier alpha value is -7.42. The molecule has 0 bridgehead atoms. The van der Waals surface area contributed by atoms with Crippen LogP contribution in [0.5, 0.6) is 11.5 Å². The number of ether oxygens (including phenoxy) is 1. The van der Waals surface area contributed by atoms with Gasteiger partial charge in [-0.05, 0) is 115 Å². The van der Waals surface area contributed by atoms with Crippen LogP contribution in [0, 0.1) is 0 Å². The van der Waals surface area contributed by atoms with Crippen molar-refractivity contribution in [1.29, 1.82) is 0 Å². The summed E-state index contributed by atoms with van der Waals surface area (Å²) in [4.78, 5) is 2.45. The molecule has 65 heavy (non-hydrogen) atoms. The summed E-state index contributed by atoms with van der Waals surface area (Å²) in [6.45, 7) is 13.8. The maximum Gasteiger partial charge on any atom is 0.132 e. The monoisotopic (exact) mass is 839 g/mol. The fourth-order valence-electron chi connectivity index (χ4n) is 10.4. The van der Waals surface area contributed by atoms with Gasteiger partial charge in [0.15, 0.2) is 0 Å². The third-order valence-electron chi connectivity index (χ3n) is 13.7. The lowest BCUT2D eigenvalue weighted by Crippen LogP contribution is -2.33. The van der Waals surface area contributed by atoms with Gasteiger partial charge in [-0.15, -0.1) is 0 Å². The lowest BCUT2D eigenvalue weighted by Gasteiger charge is -2.41. The van der Waals surface area contributed by atoms with E-state index in [1.54, 1.807) is 0 Å². The van der Waals surface area contributed by atoms with Crippen molar-refractivity contribution in [3.8, 4) is 56.0 Å². The van der Waals surface area contributed by atoms with Gasteiger partial charge in [0.1, 0.15) is 11.5 Å². The third kappa shape index (κ3) is 6.62. The van der Waals surface area contributed by atoms with E-state index < -0.39 is 5.41 Å². The topological polar surface area (TPSA) is 12.5 Å². The van der Waals surface area contributed by atoms with Crippen LogP contribution in [0.1, 0.15) is 74.9 Å². The van der Waals surface area contributed by atoms with E-state index in [2.05, 4.69) is 259 Å². The summed E-state index contributed by atoms with van der Waals surface area (Å²) in [5.74, 6) is 1.82. The lowest BCUT2D eigenvalue weighted by molar-refractivity contribution is 0.433. The summed E-state index contributed by atoms with van der Waals surface area (Å²) >= 11 is 0. The number of fused-ring (bicyclic) bond motifs is 9. The number of hydrogen-bond acceptors (Lipinski definition) is 2. The highest BCUT2D eigenvalue weighted by atomic mass is 16.5. The molecule has 1 aliphatic heterocycles. The first-order valence-corrected chi connectivity index (χ1v) is 22.9. The van der Waals surface area contributed by atoms with Gasteiger partial charge in [-0.1, -0.05) is 205 Å². The van der Waals surface area contributed by atoms with E-state index in [1.165, 1.54) is 61.2 Å². The molecule has 0 unspecified atom stereocenters. The van der Waals surface area contributed by atoms with Gasteiger partial charge < -0.3 is 9.64 Å². The second-order valence-electron chi connectivity index (χ2n) is 19.7. The van der Waals surface area contributed by atoms with Crippen molar-refractivity contribution in [3.05, 3.63) is 246 Å². The van der Waals surface area contributed by atoms with Crippen LogP contribution in [0.4, 0.5) is 17.1 Å². The van der Waals surface area contributed by atoms with E-state index in [9.17, 15) is 0 Å². The molecule has 9 aromatic rings. The standard InChI is InChI=1S/C63H53NO/c1-61(2,3)45-36-38-58-54(40-45)63(55-41-46(62(4,5)6)37-39-59(55)65-58)52-28-16-13-26-51(52)60-50(27-19-29-53(60)63)49-25-15-18-31-57(49)64(47-22-11-8-12-23-47)56-30-17-14-24-48(56)44-34-32-43(33-35-44)42-20-9-7-10-21-42/h7-41H,1-6H3. The molecule has 2 nitrogen and oxygen atoms in total. The smallest absolute Gasteiger partial charge is 0.132 e. The van der Waals surface area contributed by atoms with E-state index in [0.29, 0.717) is 0 Å². The predicted octanol–water partition coefficient (Wildman–Crippen LogP) is 17.2. The third-order valence-corrected chi connectivity index (χ3v) is 13.7. The molecule has 0 amide bonds. The minimum absolute atomic E-state index is 0.0629. The number of rotatable bonds is 6. The van der Waals surface area contributed by atoms with E-state index in [1.807, 2.05) is 0 Å². The Kier molecular flexibility index (Phi) is 9.55. The Morgan fingerprint density at radius 3 is 1.43 bits per heavy atom. The molecule has 0 aromatic heterocycles. The van der Waals surface area contributed by atoms with Crippen LogP contribution >= 0.6 is 0 Å². The van der Waals surface area contributed by atoms with Crippen molar-refractivity contribution < 1.29 is 4.74 Å². The molecule has 316 valence electrons. The zero-order chi connectivity index (χ0) is 44.5. The molecular weight excluding hydrogens is 787 g/mol. The molecule has 0 N–H and O–H groups in total. The summed E-state index contributed by atoms with van der Waals surface area (Å²) in [5.41, 5.74) is 19.7. The highest BCUT2D eigenvalue weighted by Crippen LogP contribution is 2.64.